The van der Waals surface area contributed by atoms with Gasteiger partial charge in [-0.15, -0.1) is 0 Å². The summed E-state index contributed by atoms with van der Waals surface area (Å²) in [6.45, 7) is 4.98. The number of rotatable bonds is 6. The van der Waals surface area contributed by atoms with Crippen LogP contribution < -0.4 is 14.5 Å². The van der Waals surface area contributed by atoms with Gasteiger partial charge in [0.15, 0.2) is 0 Å². The number of amides is 1. The summed E-state index contributed by atoms with van der Waals surface area (Å²) in [4.78, 5) is 23.0. The van der Waals surface area contributed by atoms with Crippen LogP contribution in [0.25, 0.3) is 0 Å². The summed E-state index contributed by atoms with van der Waals surface area (Å²) in [5, 5.41) is 0.693. The first-order valence-electron chi connectivity index (χ1n) is 13.2. The summed E-state index contributed by atoms with van der Waals surface area (Å²) in [6, 6.07) is 13.4. The number of aryl methyl sites for hydroxylation is 1. The van der Waals surface area contributed by atoms with Crippen LogP contribution in [0, 0.1) is 0 Å². The molecule has 1 N–H and O–H groups in total. The molecule has 8 nitrogen and oxygen atoms in total. The zero-order valence-corrected chi connectivity index (χ0v) is 23.8. The fraction of sp³-hybridized carbons (Fsp3) is 0.357. The molecule has 1 aromatic heterocycles. The Morgan fingerprint density at radius 1 is 1.00 bits per heavy atom. The number of carbonyl (C=O) groups is 1. The third kappa shape index (κ3) is 6.38. The van der Waals surface area contributed by atoms with Crippen LogP contribution in [-0.2, 0) is 27.4 Å². The normalized spacial score (nSPS) is 16.8. The second kappa shape index (κ2) is 11.4. The topological polar surface area (TPSA) is 85.8 Å². The van der Waals surface area contributed by atoms with Crippen LogP contribution in [0.1, 0.15) is 24.5 Å². The minimum absolute atomic E-state index is 0.0475. The molecule has 0 bridgehead atoms. The fourth-order valence-corrected chi connectivity index (χ4v) is 6.44. The summed E-state index contributed by atoms with van der Waals surface area (Å²) in [6.07, 6.45) is -2.09. The highest BCUT2D eigenvalue weighted by Crippen LogP contribution is 2.32. The van der Waals surface area contributed by atoms with E-state index in [-0.39, 0.29) is 22.7 Å². The number of hydrogen-bond donors (Lipinski definition) is 1. The standard InChI is InChI=1S/C28H29ClF3N5O3S/c1-19(37-12-2-3-20-17-22(29)5-10-25(20)37)27(38)36-15-13-35(14-16-36)23-6-8-24(9-7-23)41(39,40)34-26-11-4-21(18-33-26)28(30,31)32/h4-11,17-19H,2-3,12-16H2,1H3,(H,33,34)/t19-/m0/s1. The van der Waals surface area contributed by atoms with Crippen LogP contribution in [0.15, 0.2) is 65.7 Å². The van der Waals surface area contributed by atoms with Crippen molar-refractivity contribution in [1.82, 2.24) is 9.88 Å². The average molecular weight is 608 g/mol. The molecule has 41 heavy (non-hydrogen) atoms. The smallest absolute Gasteiger partial charge is 0.368 e. The van der Waals surface area contributed by atoms with Crippen LogP contribution in [0.2, 0.25) is 5.02 Å². The lowest BCUT2D eigenvalue weighted by Crippen LogP contribution is -2.55. The first-order valence-corrected chi connectivity index (χ1v) is 15.0. The number of benzene rings is 2. The fourth-order valence-electron chi connectivity index (χ4n) is 5.23. The summed E-state index contributed by atoms with van der Waals surface area (Å²) < 4.78 is 65.9. The van der Waals surface area contributed by atoms with E-state index in [4.69, 9.17) is 11.6 Å². The van der Waals surface area contributed by atoms with Crippen molar-refractivity contribution < 1.29 is 26.4 Å². The third-order valence-electron chi connectivity index (χ3n) is 7.45. The Balaban J connectivity index is 1.18. The van der Waals surface area contributed by atoms with Crippen molar-refractivity contribution in [2.75, 3.05) is 47.2 Å². The second-order valence-electron chi connectivity index (χ2n) is 10.1. The number of nitrogens with zero attached hydrogens (tertiary/aromatic N) is 4. The number of hydrogen-bond acceptors (Lipinski definition) is 6. The van der Waals surface area contributed by atoms with E-state index in [2.05, 4.69) is 19.5 Å². The molecule has 1 saturated heterocycles. The van der Waals surface area contributed by atoms with E-state index in [9.17, 15) is 26.4 Å². The SMILES string of the molecule is C[C@@H](C(=O)N1CCN(c2ccc(S(=O)(=O)Nc3ccc(C(F)(F)F)cn3)cc2)CC1)N1CCCc2cc(Cl)ccc21. The Morgan fingerprint density at radius 3 is 2.34 bits per heavy atom. The predicted molar refractivity (Wildman–Crippen MR) is 152 cm³/mol. The number of pyridine rings is 1. The maximum absolute atomic E-state index is 13.4. The van der Waals surface area contributed by atoms with E-state index in [0.29, 0.717) is 37.4 Å². The first-order chi connectivity index (χ1) is 19.4. The van der Waals surface area contributed by atoms with E-state index >= 15 is 0 Å². The largest absolute Gasteiger partial charge is 0.417 e. The van der Waals surface area contributed by atoms with Crippen molar-refractivity contribution in [3.63, 3.8) is 0 Å². The highest BCUT2D eigenvalue weighted by Gasteiger charge is 2.32. The summed E-state index contributed by atoms with van der Waals surface area (Å²) in [7, 11) is -4.05. The van der Waals surface area contributed by atoms with E-state index in [0.717, 1.165) is 48.5 Å². The molecule has 2 aliphatic heterocycles. The molecule has 2 aromatic carbocycles. The molecule has 1 atom stereocenters. The van der Waals surface area contributed by atoms with Gasteiger partial charge < -0.3 is 14.7 Å². The molecule has 0 unspecified atom stereocenters. The number of alkyl halides is 3. The number of halogens is 4. The Morgan fingerprint density at radius 2 is 1.71 bits per heavy atom. The van der Waals surface area contributed by atoms with Gasteiger partial charge >= 0.3 is 6.18 Å². The lowest BCUT2D eigenvalue weighted by Gasteiger charge is -2.41. The van der Waals surface area contributed by atoms with Gasteiger partial charge in [-0.25, -0.2) is 13.4 Å². The molecule has 0 spiro atoms. The quantitative estimate of drug-likeness (QED) is 0.422. The molecule has 3 heterocycles. The zero-order chi connectivity index (χ0) is 29.4. The van der Waals surface area contributed by atoms with E-state index in [1.165, 1.54) is 12.1 Å². The molecular formula is C28H29ClF3N5O3S. The molecule has 2 aliphatic rings. The maximum Gasteiger partial charge on any atom is 0.417 e. The average Bonchev–Trinajstić information content (AvgIpc) is 2.95. The lowest BCUT2D eigenvalue weighted by molar-refractivity contribution is -0.137. The number of aromatic nitrogens is 1. The maximum atomic E-state index is 13.4. The number of sulfonamides is 1. The third-order valence-corrected chi connectivity index (χ3v) is 9.06. The summed E-state index contributed by atoms with van der Waals surface area (Å²) in [5.41, 5.74) is 2.05. The van der Waals surface area contributed by atoms with Gasteiger partial charge in [-0.2, -0.15) is 13.2 Å². The van der Waals surface area contributed by atoms with Crippen molar-refractivity contribution in [3.8, 4) is 0 Å². The Labute approximate surface area is 241 Å². The zero-order valence-electron chi connectivity index (χ0n) is 22.2. The van der Waals surface area contributed by atoms with Crippen LogP contribution in [-0.4, -0.2) is 63.0 Å². The molecule has 218 valence electrons. The number of carbonyl (C=O) groups excluding carboxylic acids is 1. The van der Waals surface area contributed by atoms with Gasteiger partial charge in [0.1, 0.15) is 11.9 Å². The van der Waals surface area contributed by atoms with Crippen molar-refractivity contribution in [1.29, 1.82) is 0 Å². The number of nitrogens with one attached hydrogen (secondary N) is 1. The predicted octanol–water partition coefficient (Wildman–Crippen LogP) is 5.04. The second-order valence-corrected chi connectivity index (χ2v) is 12.2. The molecule has 1 amide bonds. The Kier molecular flexibility index (Phi) is 8.06. The minimum Gasteiger partial charge on any atom is -0.368 e. The highest BCUT2D eigenvalue weighted by atomic mass is 35.5. The van der Waals surface area contributed by atoms with E-state index in [1.807, 2.05) is 30.0 Å². The van der Waals surface area contributed by atoms with Crippen molar-refractivity contribution in [2.45, 2.75) is 36.9 Å². The Hall–Kier alpha value is -3.51. The van der Waals surface area contributed by atoms with Gasteiger partial charge in [-0.1, -0.05) is 11.6 Å². The van der Waals surface area contributed by atoms with E-state index < -0.39 is 21.8 Å². The first kappa shape index (κ1) is 29.0. The van der Waals surface area contributed by atoms with Gasteiger partial charge in [0.05, 0.1) is 10.5 Å². The van der Waals surface area contributed by atoms with Gasteiger partial charge in [0, 0.05) is 55.3 Å². The number of anilines is 3. The number of piperazine rings is 1. The van der Waals surface area contributed by atoms with Crippen LogP contribution in [0.5, 0.6) is 0 Å². The molecule has 0 saturated carbocycles. The Bertz CT molecular complexity index is 1510. The van der Waals surface area contributed by atoms with Crippen LogP contribution in [0.3, 0.4) is 0 Å². The van der Waals surface area contributed by atoms with Gasteiger partial charge in [-0.05, 0) is 79.9 Å². The molecular weight excluding hydrogens is 579 g/mol. The van der Waals surface area contributed by atoms with Crippen molar-refractivity contribution in [3.05, 3.63) is 76.9 Å². The molecule has 5 rings (SSSR count). The van der Waals surface area contributed by atoms with Crippen molar-refractivity contribution >= 4 is 44.7 Å². The van der Waals surface area contributed by atoms with Gasteiger partial charge in [0.2, 0.25) is 5.91 Å². The summed E-state index contributed by atoms with van der Waals surface area (Å²) in [5.74, 6) is -0.147. The van der Waals surface area contributed by atoms with Crippen molar-refractivity contribution in [2.24, 2.45) is 0 Å². The molecule has 3 aromatic rings. The summed E-state index contributed by atoms with van der Waals surface area (Å²) >= 11 is 6.17. The van der Waals surface area contributed by atoms with E-state index in [1.54, 1.807) is 12.1 Å². The molecule has 13 heteroatoms. The van der Waals surface area contributed by atoms with Crippen LogP contribution in [0.4, 0.5) is 30.4 Å². The number of fused-ring (bicyclic) bond motifs is 1. The van der Waals surface area contributed by atoms with Gasteiger partial charge in [0.25, 0.3) is 10.0 Å². The van der Waals surface area contributed by atoms with Gasteiger partial charge in [-0.3, -0.25) is 9.52 Å². The minimum atomic E-state index is -4.56. The highest BCUT2D eigenvalue weighted by molar-refractivity contribution is 7.92. The molecule has 0 radical (unpaired) electrons. The molecule has 0 aliphatic carbocycles. The molecule has 1 fully saturated rings. The monoisotopic (exact) mass is 607 g/mol. The lowest BCUT2D eigenvalue weighted by atomic mass is 10.00. The van der Waals surface area contributed by atoms with Crippen LogP contribution >= 0.6 is 11.6 Å².